The largest absolute Gasteiger partial charge is 0.385 e. The molecule has 0 saturated carbocycles. The van der Waals surface area contributed by atoms with E-state index in [2.05, 4.69) is 66.9 Å². The van der Waals surface area contributed by atoms with Crippen LogP contribution < -0.4 is 5.32 Å². The SMILES string of the molecule is CCCCN/C(=C/C1=CC=CCC1)c1ccccc1. The molecule has 1 nitrogen and oxygen atoms in total. The summed E-state index contributed by atoms with van der Waals surface area (Å²) in [5.41, 5.74) is 3.93. The quantitative estimate of drug-likeness (QED) is 0.725. The average Bonchev–Trinajstić information content (AvgIpc) is 2.48. The van der Waals surface area contributed by atoms with Crippen LogP contribution >= 0.6 is 0 Å². The van der Waals surface area contributed by atoms with Crippen LogP contribution in [0.4, 0.5) is 0 Å². The molecule has 0 saturated heterocycles. The summed E-state index contributed by atoms with van der Waals surface area (Å²) in [6.07, 6.45) is 13.6. The van der Waals surface area contributed by atoms with E-state index in [1.54, 1.807) is 0 Å². The first-order valence-electron chi connectivity index (χ1n) is 7.27. The van der Waals surface area contributed by atoms with Crippen LogP contribution in [0.5, 0.6) is 0 Å². The van der Waals surface area contributed by atoms with Crippen molar-refractivity contribution in [3.63, 3.8) is 0 Å². The molecule has 0 unspecified atom stereocenters. The second-order valence-electron chi connectivity index (χ2n) is 4.91. The average molecular weight is 253 g/mol. The van der Waals surface area contributed by atoms with Gasteiger partial charge in [0.2, 0.25) is 0 Å². The van der Waals surface area contributed by atoms with Crippen molar-refractivity contribution in [3.05, 3.63) is 65.8 Å². The van der Waals surface area contributed by atoms with Crippen LogP contribution in [0.1, 0.15) is 38.2 Å². The van der Waals surface area contributed by atoms with Gasteiger partial charge >= 0.3 is 0 Å². The molecule has 0 atom stereocenters. The number of hydrogen-bond acceptors (Lipinski definition) is 1. The van der Waals surface area contributed by atoms with Gasteiger partial charge in [-0.15, -0.1) is 0 Å². The maximum Gasteiger partial charge on any atom is 0.0416 e. The summed E-state index contributed by atoms with van der Waals surface area (Å²) >= 11 is 0. The zero-order chi connectivity index (χ0) is 13.3. The fraction of sp³-hybridized carbons (Fsp3) is 0.333. The second-order valence-corrected chi connectivity index (χ2v) is 4.91. The molecule has 1 aliphatic carbocycles. The maximum atomic E-state index is 3.58. The van der Waals surface area contributed by atoms with Gasteiger partial charge in [-0.1, -0.05) is 61.9 Å². The van der Waals surface area contributed by atoms with E-state index in [-0.39, 0.29) is 0 Å². The van der Waals surface area contributed by atoms with Gasteiger partial charge in [0.05, 0.1) is 0 Å². The molecule has 2 rings (SSSR count). The lowest BCUT2D eigenvalue weighted by atomic mass is 10.0. The molecule has 1 aliphatic rings. The van der Waals surface area contributed by atoms with Crippen molar-refractivity contribution in [1.82, 2.24) is 5.32 Å². The summed E-state index contributed by atoms with van der Waals surface area (Å²) in [7, 11) is 0. The van der Waals surface area contributed by atoms with Gasteiger partial charge in [-0.2, -0.15) is 0 Å². The fourth-order valence-corrected chi connectivity index (χ4v) is 2.18. The molecule has 1 heteroatoms. The number of rotatable bonds is 6. The van der Waals surface area contributed by atoms with E-state index in [9.17, 15) is 0 Å². The molecule has 0 amide bonds. The van der Waals surface area contributed by atoms with Crippen molar-refractivity contribution in [2.24, 2.45) is 0 Å². The normalized spacial score (nSPS) is 15.2. The van der Waals surface area contributed by atoms with E-state index in [0.29, 0.717) is 0 Å². The molecule has 0 aromatic heterocycles. The molecule has 0 radical (unpaired) electrons. The minimum Gasteiger partial charge on any atom is -0.385 e. The molecular formula is C18H23N. The van der Waals surface area contributed by atoms with Gasteiger partial charge in [0.15, 0.2) is 0 Å². The lowest BCUT2D eigenvalue weighted by Gasteiger charge is -2.13. The summed E-state index contributed by atoms with van der Waals surface area (Å²) in [5, 5.41) is 3.58. The molecule has 0 aliphatic heterocycles. The van der Waals surface area contributed by atoms with Gasteiger partial charge in [-0.3, -0.25) is 0 Å². The van der Waals surface area contributed by atoms with Gasteiger partial charge in [0.1, 0.15) is 0 Å². The van der Waals surface area contributed by atoms with E-state index in [4.69, 9.17) is 0 Å². The number of unbranched alkanes of at least 4 members (excludes halogenated alkanes) is 1. The molecule has 0 spiro atoms. The summed E-state index contributed by atoms with van der Waals surface area (Å²) in [6, 6.07) is 10.6. The summed E-state index contributed by atoms with van der Waals surface area (Å²) in [5.74, 6) is 0. The van der Waals surface area contributed by atoms with Crippen molar-refractivity contribution in [3.8, 4) is 0 Å². The van der Waals surface area contributed by atoms with Crippen molar-refractivity contribution < 1.29 is 0 Å². The molecule has 19 heavy (non-hydrogen) atoms. The number of nitrogens with one attached hydrogen (secondary N) is 1. The highest BCUT2D eigenvalue weighted by molar-refractivity contribution is 5.66. The smallest absolute Gasteiger partial charge is 0.0416 e. The second kappa shape index (κ2) is 7.63. The van der Waals surface area contributed by atoms with E-state index in [1.807, 2.05) is 0 Å². The van der Waals surface area contributed by atoms with Crippen LogP contribution in [0.15, 0.2) is 60.2 Å². The third-order valence-corrected chi connectivity index (χ3v) is 3.31. The molecule has 1 aromatic rings. The first-order chi connectivity index (χ1) is 9.40. The monoisotopic (exact) mass is 253 g/mol. The van der Waals surface area contributed by atoms with E-state index < -0.39 is 0 Å². The van der Waals surface area contributed by atoms with Crippen LogP contribution in [-0.2, 0) is 0 Å². The highest BCUT2D eigenvalue weighted by Crippen LogP contribution is 2.19. The maximum absolute atomic E-state index is 3.58. The zero-order valence-corrected chi connectivity index (χ0v) is 11.7. The van der Waals surface area contributed by atoms with Gasteiger partial charge < -0.3 is 5.32 Å². The van der Waals surface area contributed by atoms with Gasteiger partial charge in [0.25, 0.3) is 0 Å². The van der Waals surface area contributed by atoms with Crippen molar-refractivity contribution in [1.29, 1.82) is 0 Å². The van der Waals surface area contributed by atoms with E-state index >= 15 is 0 Å². The third-order valence-electron chi connectivity index (χ3n) is 3.31. The molecule has 1 aromatic carbocycles. The van der Waals surface area contributed by atoms with Crippen LogP contribution in [0, 0.1) is 0 Å². The highest BCUT2D eigenvalue weighted by atomic mass is 14.9. The standard InChI is InChI=1S/C18H23N/c1-2-3-14-19-18(17-12-8-5-9-13-17)15-16-10-6-4-7-11-16/h4-6,8-10,12-13,15,19H,2-3,7,11,14H2,1H3/b18-15+. The molecular weight excluding hydrogens is 230 g/mol. The van der Waals surface area contributed by atoms with Gasteiger partial charge in [-0.05, 0) is 36.5 Å². The number of hydrogen-bond donors (Lipinski definition) is 1. The van der Waals surface area contributed by atoms with Crippen LogP contribution in [0.3, 0.4) is 0 Å². The Morgan fingerprint density at radius 3 is 2.79 bits per heavy atom. The minimum absolute atomic E-state index is 1.04. The Labute approximate surface area is 116 Å². The predicted octanol–water partition coefficient (Wildman–Crippen LogP) is 4.69. The molecule has 0 heterocycles. The highest BCUT2D eigenvalue weighted by Gasteiger charge is 2.03. The predicted molar refractivity (Wildman–Crippen MR) is 83.8 cm³/mol. The van der Waals surface area contributed by atoms with Crippen molar-refractivity contribution in [2.45, 2.75) is 32.6 Å². The van der Waals surface area contributed by atoms with Crippen LogP contribution in [0.25, 0.3) is 5.70 Å². The summed E-state index contributed by atoms with van der Waals surface area (Å²) in [4.78, 5) is 0. The Morgan fingerprint density at radius 1 is 1.26 bits per heavy atom. The Hall–Kier alpha value is -1.76. The summed E-state index contributed by atoms with van der Waals surface area (Å²) in [6.45, 7) is 3.27. The Bertz CT molecular complexity index is 466. The molecule has 1 N–H and O–H groups in total. The topological polar surface area (TPSA) is 12.0 Å². The van der Waals surface area contributed by atoms with E-state index in [1.165, 1.54) is 29.7 Å². The molecule has 0 bridgehead atoms. The lowest BCUT2D eigenvalue weighted by molar-refractivity contribution is 0.744. The third kappa shape index (κ3) is 4.44. The van der Waals surface area contributed by atoms with Crippen molar-refractivity contribution >= 4 is 5.70 Å². The summed E-state index contributed by atoms with van der Waals surface area (Å²) < 4.78 is 0. The lowest BCUT2D eigenvalue weighted by Crippen LogP contribution is -2.14. The zero-order valence-electron chi connectivity index (χ0n) is 11.7. The van der Waals surface area contributed by atoms with Crippen molar-refractivity contribution in [2.75, 3.05) is 6.54 Å². The first-order valence-corrected chi connectivity index (χ1v) is 7.27. The van der Waals surface area contributed by atoms with Gasteiger partial charge in [-0.25, -0.2) is 0 Å². The number of allylic oxidation sites excluding steroid dienone is 5. The Kier molecular flexibility index (Phi) is 5.49. The molecule has 0 fully saturated rings. The Balaban J connectivity index is 2.16. The van der Waals surface area contributed by atoms with E-state index in [0.717, 1.165) is 19.4 Å². The first kappa shape index (κ1) is 13.7. The number of benzene rings is 1. The molecule has 100 valence electrons. The van der Waals surface area contributed by atoms with Crippen LogP contribution in [0.2, 0.25) is 0 Å². The fourth-order valence-electron chi connectivity index (χ4n) is 2.18. The van der Waals surface area contributed by atoms with Crippen LogP contribution in [-0.4, -0.2) is 6.54 Å². The van der Waals surface area contributed by atoms with Gasteiger partial charge in [0, 0.05) is 12.2 Å². The minimum atomic E-state index is 1.04. The Morgan fingerprint density at radius 2 is 2.11 bits per heavy atom.